The second kappa shape index (κ2) is 8.25. The zero-order chi connectivity index (χ0) is 20.3. The van der Waals surface area contributed by atoms with Crippen molar-refractivity contribution in [3.05, 3.63) is 101 Å². The number of hydrogen-bond donors (Lipinski definition) is 1. The topological polar surface area (TPSA) is 45.2 Å². The van der Waals surface area contributed by atoms with Crippen LogP contribution in [-0.2, 0) is 11.2 Å². The van der Waals surface area contributed by atoms with Crippen LogP contribution in [0.25, 0.3) is 12.2 Å². The van der Waals surface area contributed by atoms with Gasteiger partial charge in [-0.1, -0.05) is 66.7 Å². The summed E-state index contributed by atoms with van der Waals surface area (Å²) in [6.07, 6.45) is 8.23. The number of piperidine rings is 1. The average Bonchev–Trinajstić information content (AvgIpc) is 2.80. The van der Waals surface area contributed by atoms with Crippen LogP contribution in [0.2, 0.25) is 0 Å². The van der Waals surface area contributed by atoms with E-state index in [-0.39, 0.29) is 5.91 Å². The second-order valence-electron chi connectivity index (χ2n) is 8.15. The molecular formula is C26H25N3O. The van der Waals surface area contributed by atoms with E-state index in [1.54, 1.807) is 12.4 Å². The van der Waals surface area contributed by atoms with Crippen LogP contribution in [0.5, 0.6) is 0 Å². The van der Waals surface area contributed by atoms with Crippen molar-refractivity contribution in [2.75, 3.05) is 13.1 Å². The van der Waals surface area contributed by atoms with Crippen molar-refractivity contribution in [2.24, 2.45) is 0 Å². The summed E-state index contributed by atoms with van der Waals surface area (Å²) in [6, 6.07) is 23.7. The third-order valence-electron chi connectivity index (χ3n) is 6.18. The number of carbonyl (C=O) groups is 1. The van der Waals surface area contributed by atoms with Gasteiger partial charge in [-0.2, -0.15) is 0 Å². The van der Waals surface area contributed by atoms with E-state index in [0.29, 0.717) is 24.4 Å². The van der Waals surface area contributed by atoms with E-state index in [0.717, 1.165) is 18.7 Å². The average molecular weight is 396 g/mol. The number of nitrogens with one attached hydrogen (secondary N) is 1. The smallest absolute Gasteiger partial charge is 0.227 e. The van der Waals surface area contributed by atoms with Gasteiger partial charge < -0.3 is 10.2 Å². The molecule has 3 aliphatic rings. The molecule has 1 N–H and O–H groups in total. The standard InChI is InChI=1S/C26H25N3O/c30-25(16-21-12-14-27-15-13-21)29-17-23-26(24(18-29)28-23)22-10-8-20(9-11-22)7-6-19-4-2-1-3-5-19/h1-15,23-24,26,28H,16-18H2/t23-,24+,26?. The molecule has 3 fully saturated rings. The lowest BCUT2D eigenvalue weighted by atomic mass is 9.74. The molecule has 1 unspecified atom stereocenters. The van der Waals surface area contributed by atoms with E-state index in [9.17, 15) is 4.79 Å². The monoisotopic (exact) mass is 395 g/mol. The van der Waals surface area contributed by atoms with Crippen molar-refractivity contribution in [1.82, 2.24) is 15.2 Å². The number of aromatic nitrogens is 1. The van der Waals surface area contributed by atoms with Gasteiger partial charge in [-0.05, 0) is 34.4 Å². The molecule has 0 saturated carbocycles. The number of benzene rings is 2. The fraction of sp³-hybridized carbons (Fsp3) is 0.231. The fourth-order valence-electron chi connectivity index (χ4n) is 4.57. The molecule has 2 aromatic carbocycles. The number of amides is 1. The predicted octanol–water partition coefficient (Wildman–Crippen LogP) is 3.76. The highest BCUT2D eigenvalue weighted by molar-refractivity contribution is 5.79. The summed E-state index contributed by atoms with van der Waals surface area (Å²) in [5.74, 6) is 0.694. The minimum Gasteiger partial charge on any atom is -0.339 e. The number of nitrogens with zero attached hydrogens (tertiary/aromatic N) is 2. The molecule has 150 valence electrons. The number of piperazine rings is 1. The first-order chi connectivity index (χ1) is 14.8. The van der Waals surface area contributed by atoms with Gasteiger partial charge in [0.15, 0.2) is 0 Å². The normalized spacial score (nSPS) is 22.7. The number of rotatable bonds is 5. The van der Waals surface area contributed by atoms with E-state index < -0.39 is 0 Å². The summed E-state index contributed by atoms with van der Waals surface area (Å²) < 4.78 is 0. The Labute approximate surface area is 177 Å². The first-order valence-electron chi connectivity index (χ1n) is 10.5. The van der Waals surface area contributed by atoms with Gasteiger partial charge in [0, 0.05) is 43.5 Å². The van der Waals surface area contributed by atoms with Crippen LogP contribution in [0.3, 0.4) is 0 Å². The summed E-state index contributed by atoms with van der Waals surface area (Å²) >= 11 is 0. The van der Waals surface area contributed by atoms with Crippen LogP contribution in [0.15, 0.2) is 79.1 Å². The summed E-state index contributed by atoms with van der Waals surface area (Å²) in [7, 11) is 0. The lowest BCUT2D eigenvalue weighted by Crippen LogP contribution is -2.72. The van der Waals surface area contributed by atoms with E-state index in [1.807, 2.05) is 23.1 Å². The second-order valence-corrected chi connectivity index (χ2v) is 8.15. The lowest BCUT2D eigenvalue weighted by molar-refractivity contribution is -0.135. The van der Waals surface area contributed by atoms with E-state index in [4.69, 9.17) is 0 Å². The van der Waals surface area contributed by atoms with Gasteiger partial charge >= 0.3 is 0 Å². The van der Waals surface area contributed by atoms with Gasteiger partial charge in [-0.15, -0.1) is 0 Å². The Morgan fingerprint density at radius 2 is 1.53 bits per heavy atom. The Kier molecular flexibility index (Phi) is 5.16. The van der Waals surface area contributed by atoms with Gasteiger partial charge in [0.1, 0.15) is 0 Å². The largest absolute Gasteiger partial charge is 0.339 e. The van der Waals surface area contributed by atoms with Crippen molar-refractivity contribution in [3.63, 3.8) is 0 Å². The lowest BCUT2D eigenvalue weighted by Gasteiger charge is -2.54. The SMILES string of the molecule is O=C(Cc1ccncc1)N1C[C@@H]2N[C@H](C1)C2c1ccc(C=Cc2ccccc2)cc1. The van der Waals surface area contributed by atoms with Gasteiger partial charge in [0.25, 0.3) is 0 Å². The zero-order valence-electron chi connectivity index (χ0n) is 16.8. The Morgan fingerprint density at radius 1 is 0.900 bits per heavy atom. The highest BCUT2D eigenvalue weighted by atomic mass is 16.2. The number of hydrogen-bond acceptors (Lipinski definition) is 3. The van der Waals surface area contributed by atoms with Crippen molar-refractivity contribution in [2.45, 2.75) is 24.4 Å². The van der Waals surface area contributed by atoms with Gasteiger partial charge in [-0.3, -0.25) is 9.78 Å². The van der Waals surface area contributed by atoms with Crippen molar-refractivity contribution in [1.29, 1.82) is 0 Å². The fourth-order valence-corrected chi connectivity index (χ4v) is 4.57. The molecule has 0 aliphatic carbocycles. The Balaban J connectivity index is 1.20. The van der Waals surface area contributed by atoms with E-state index >= 15 is 0 Å². The van der Waals surface area contributed by atoms with Crippen LogP contribution in [0.4, 0.5) is 0 Å². The zero-order valence-corrected chi connectivity index (χ0v) is 16.8. The summed E-state index contributed by atoms with van der Waals surface area (Å²) in [4.78, 5) is 18.7. The quantitative estimate of drug-likeness (QED) is 0.669. The van der Waals surface area contributed by atoms with Crippen LogP contribution < -0.4 is 5.32 Å². The highest BCUT2D eigenvalue weighted by Gasteiger charge is 2.47. The molecule has 2 bridgehead atoms. The Hall–Kier alpha value is -3.24. The number of fused-ring (bicyclic) bond motifs is 2. The maximum absolute atomic E-state index is 12.7. The van der Waals surface area contributed by atoms with Crippen molar-refractivity contribution in [3.8, 4) is 0 Å². The van der Waals surface area contributed by atoms with E-state index in [1.165, 1.54) is 16.7 Å². The Bertz CT molecular complexity index is 1020. The molecule has 3 aliphatic heterocycles. The van der Waals surface area contributed by atoms with Gasteiger partial charge in [0.2, 0.25) is 5.91 Å². The third kappa shape index (κ3) is 3.91. The van der Waals surface area contributed by atoms with Gasteiger partial charge in [0.05, 0.1) is 6.42 Å². The summed E-state index contributed by atoms with van der Waals surface area (Å²) in [6.45, 7) is 1.56. The van der Waals surface area contributed by atoms with E-state index in [2.05, 4.69) is 71.0 Å². The first-order valence-corrected chi connectivity index (χ1v) is 10.5. The van der Waals surface area contributed by atoms with Crippen molar-refractivity contribution >= 4 is 18.1 Å². The predicted molar refractivity (Wildman–Crippen MR) is 120 cm³/mol. The highest BCUT2D eigenvalue weighted by Crippen LogP contribution is 2.37. The number of carbonyl (C=O) groups excluding carboxylic acids is 1. The van der Waals surface area contributed by atoms with Gasteiger partial charge in [-0.25, -0.2) is 0 Å². The molecule has 4 heteroatoms. The molecule has 0 spiro atoms. The summed E-state index contributed by atoms with van der Waals surface area (Å²) in [5, 5.41) is 3.62. The van der Waals surface area contributed by atoms with Crippen LogP contribution >= 0.6 is 0 Å². The molecule has 6 rings (SSSR count). The third-order valence-corrected chi connectivity index (χ3v) is 6.18. The first kappa shape index (κ1) is 18.8. The number of pyridine rings is 1. The summed E-state index contributed by atoms with van der Waals surface area (Å²) in [5.41, 5.74) is 4.80. The molecule has 30 heavy (non-hydrogen) atoms. The molecule has 0 radical (unpaired) electrons. The molecule has 3 atom stereocenters. The molecule has 4 nitrogen and oxygen atoms in total. The van der Waals surface area contributed by atoms with Crippen LogP contribution in [0.1, 0.15) is 28.2 Å². The van der Waals surface area contributed by atoms with Crippen LogP contribution in [-0.4, -0.2) is 41.0 Å². The van der Waals surface area contributed by atoms with Crippen molar-refractivity contribution < 1.29 is 4.79 Å². The molecule has 1 aromatic heterocycles. The molecule has 4 heterocycles. The maximum Gasteiger partial charge on any atom is 0.227 e. The minimum atomic E-state index is 0.206. The maximum atomic E-state index is 12.7. The van der Waals surface area contributed by atoms with Crippen LogP contribution in [0, 0.1) is 0 Å². The molecule has 3 saturated heterocycles. The minimum absolute atomic E-state index is 0.206. The Morgan fingerprint density at radius 3 is 2.20 bits per heavy atom. The molecular weight excluding hydrogens is 370 g/mol. The molecule has 3 aromatic rings. The molecule has 1 amide bonds.